The molecule has 4 aromatic rings. The summed E-state index contributed by atoms with van der Waals surface area (Å²) in [4.78, 5) is 19.6. The highest BCUT2D eigenvalue weighted by molar-refractivity contribution is 5.92. The van der Waals surface area contributed by atoms with Crippen LogP contribution in [0.4, 0.5) is 4.39 Å². The normalized spacial score (nSPS) is 14.0. The molecule has 2 aromatic heterocycles. The lowest BCUT2D eigenvalue weighted by atomic mass is 10.1. The van der Waals surface area contributed by atoms with Crippen molar-refractivity contribution in [3.05, 3.63) is 90.2 Å². The average Bonchev–Trinajstić information content (AvgIpc) is 3.65. The SMILES string of the molecule is CN(CCNC(=O)c1ccc(-c2c(-c3ccc(F)cc3)ncn2C2CCCC2)o1)Cc1ccccc1. The van der Waals surface area contributed by atoms with Gasteiger partial charge >= 0.3 is 0 Å². The summed E-state index contributed by atoms with van der Waals surface area (Å²) in [6, 6.07) is 20.4. The van der Waals surface area contributed by atoms with E-state index in [1.165, 1.54) is 30.5 Å². The van der Waals surface area contributed by atoms with E-state index < -0.39 is 0 Å². The zero-order valence-corrected chi connectivity index (χ0v) is 20.5. The lowest BCUT2D eigenvalue weighted by Crippen LogP contribution is -2.32. The van der Waals surface area contributed by atoms with Crippen LogP contribution in [0.5, 0.6) is 0 Å². The molecule has 7 heteroatoms. The molecule has 1 fully saturated rings. The second-order valence-corrected chi connectivity index (χ2v) is 9.44. The van der Waals surface area contributed by atoms with E-state index in [1.807, 2.05) is 37.6 Å². The van der Waals surface area contributed by atoms with E-state index in [-0.39, 0.29) is 17.5 Å². The Balaban J connectivity index is 1.30. The molecule has 1 saturated carbocycles. The van der Waals surface area contributed by atoms with Crippen LogP contribution in [0.1, 0.15) is 47.8 Å². The largest absolute Gasteiger partial charge is 0.449 e. The monoisotopic (exact) mass is 486 g/mol. The van der Waals surface area contributed by atoms with Gasteiger partial charge in [0.25, 0.3) is 5.91 Å². The number of hydrogen-bond acceptors (Lipinski definition) is 4. The fourth-order valence-corrected chi connectivity index (χ4v) is 4.89. The van der Waals surface area contributed by atoms with Crippen molar-refractivity contribution in [3.8, 4) is 22.7 Å². The maximum Gasteiger partial charge on any atom is 0.287 e. The van der Waals surface area contributed by atoms with E-state index in [0.717, 1.165) is 42.9 Å². The topological polar surface area (TPSA) is 63.3 Å². The number of nitrogens with zero attached hydrogens (tertiary/aromatic N) is 3. The van der Waals surface area contributed by atoms with Gasteiger partial charge in [0.1, 0.15) is 11.5 Å². The van der Waals surface area contributed by atoms with E-state index >= 15 is 0 Å². The Hall–Kier alpha value is -3.71. The lowest BCUT2D eigenvalue weighted by Gasteiger charge is -2.16. The molecule has 0 saturated heterocycles. The minimum Gasteiger partial charge on any atom is -0.449 e. The highest BCUT2D eigenvalue weighted by Gasteiger charge is 2.26. The van der Waals surface area contributed by atoms with E-state index in [9.17, 15) is 9.18 Å². The maximum atomic E-state index is 13.5. The smallest absolute Gasteiger partial charge is 0.287 e. The van der Waals surface area contributed by atoms with Gasteiger partial charge in [-0.1, -0.05) is 43.2 Å². The molecule has 0 bridgehead atoms. The maximum absolute atomic E-state index is 13.5. The van der Waals surface area contributed by atoms with Crippen LogP contribution in [0.3, 0.4) is 0 Å². The minimum absolute atomic E-state index is 0.246. The van der Waals surface area contributed by atoms with Crippen molar-refractivity contribution in [2.45, 2.75) is 38.3 Å². The molecule has 6 nitrogen and oxygen atoms in total. The summed E-state index contributed by atoms with van der Waals surface area (Å²) in [5.74, 6) is 0.316. The van der Waals surface area contributed by atoms with Crippen LogP contribution in [0.2, 0.25) is 0 Å². The summed E-state index contributed by atoms with van der Waals surface area (Å²) in [6.07, 6.45) is 6.36. The number of carbonyl (C=O) groups is 1. The number of furan rings is 1. The van der Waals surface area contributed by atoms with Crippen LogP contribution >= 0.6 is 0 Å². The molecule has 0 spiro atoms. The Morgan fingerprint density at radius 1 is 1.08 bits per heavy atom. The highest BCUT2D eigenvalue weighted by atomic mass is 19.1. The molecular formula is C29H31FN4O2. The van der Waals surface area contributed by atoms with Crippen molar-refractivity contribution in [2.75, 3.05) is 20.1 Å². The highest BCUT2D eigenvalue weighted by Crippen LogP contribution is 2.39. The Kier molecular flexibility index (Phi) is 7.28. The van der Waals surface area contributed by atoms with Crippen molar-refractivity contribution >= 4 is 5.91 Å². The predicted molar refractivity (Wildman–Crippen MR) is 138 cm³/mol. The molecule has 2 heterocycles. The van der Waals surface area contributed by atoms with Gasteiger partial charge in [-0.05, 0) is 61.9 Å². The molecule has 36 heavy (non-hydrogen) atoms. The van der Waals surface area contributed by atoms with Crippen LogP contribution in [0, 0.1) is 5.82 Å². The van der Waals surface area contributed by atoms with Gasteiger partial charge in [-0.2, -0.15) is 0 Å². The van der Waals surface area contributed by atoms with Gasteiger partial charge in [0.05, 0.1) is 12.0 Å². The molecule has 1 aliphatic carbocycles. The molecule has 0 unspecified atom stereocenters. The number of carbonyl (C=O) groups excluding carboxylic acids is 1. The zero-order chi connectivity index (χ0) is 24.9. The van der Waals surface area contributed by atoms with Crippen molar-refractivity contribution in [2.24, 2.45) is 0 Å². The average molecular weight is 487 g/mol. The summed E-state index contributed by atoms with van der Waals surface area (Å²) in [5, 5.41) is 2.96. The van der Waals surface area contributed by atoms with Crippen molar-refractivity contribution in [1.29, 1.82) is 0 Å². The number of hydrogen-bond donors (Lipinski definition) is 1. The third-order valence-corrected chi connectivity index (χ3v) is 6.77. The summed E-state index contributed by atoms with van der Waals surface area (Å²) < 4.78 is 21.8. The number of likely N-dealkylation sites (N-methyl/N-ethyl adjacent to an activating group) is 1. The number of benzene rings is 2. The third kappa shape index (κ3) is 5.41. The third-order valence-electron chi connectivity index (χ3n) is 6.77. The van der Waals surface area contributed by atoms with Gasteiger partial charge in [-0.3, -0.25) is 4.79 Å². The summed E-state index contributed by atoms with van der Waals surface area (Å²) >= 11 is 0. The number of nitrogens with one attached hydrogen (secondary N) is 1. The Labute approximate surface area is 210 Å². The quantitative estimate of drug-likeness (QED) is 0.319. The number of halogens is 1. The van der Waals surface area contributed by atoms with Gasteiger partial charge in [-0.25, -0.2) is 9.37 Å². The lowest BCUT2D eigenvalue weighted by molar-refractivity contribution is 0.0922. The molecule has 0 radical (unpaired) electrons. The van der Waals surface area contributed by atoms with Crippen LogP contribution in [0.15, 0.2) is 77.5 Å². The first kappa shape index (κ1) is 24.0. The van der Waals surface area contributed by atoms with E-state index in [1.54, 1.807) is 18.2 Å². The number of rotatable bonds is 9. The van der Waals surface area contributed by atoms with Crippen molar-refractivity contribution in [1.82, 2.24) is 19.8 Å². The van der Waals surface area contributed by atoms with E-state index in [4.69, 9.17) is 4.42 Å². The van der Waals surface area contributed by atoms with E-state index in [2.05, 4.69) is 31.9 Å². The second-order valence-electron chi connectivity index (χ2n) is 9.44. The molecule has 1 aliphatic rings. The fraction of sp³-hybridized carbons (Fsp3) is 0.310. The molecule has 186 valence electrons. The Morgan fingerprint density at radius 2 is 1.83 bits per heavy atom. The summed E-state index contributed by atoms with van der Waals surface area (Å²) in [5.41, 5.74) is 3.60. The van der Waals surface area contributed by atoms with Crippen LogP contribution < -0.4 is 5.32 Å². The second kappa shape index (κ2) is 10.9. The van der Waals surface area contributed by atoms with Gasteiger partial charge in [0.15, 0.2) is 11.5 Å². The first-order valence-electron chi connectivity index (χ1n) is 12.5. The first-order chi connectivity index (χ1) is 17.6. The van der Waals surface area contributed by atoms with Crippen LogP contribution in [-0.2, 0) is 6.54 Å². The van der Waals surface area contributed by atoms with Gasteiger partial charge in [0.2, 0.25) is 0 Å². The molecule has 5 rings (SSSR count). The summed E-state index contributed by atoms with van der Waals surface area (Å²) in [7, 11) is 2.03. The Bertz CT molecular complexity index is 1290. The molecule has 0 aliphatic heterocycles. The number of amides is 1. The molecule has 0 atom stereocenters. The molecule has 2 aromatic carbocycles. The van der Waals surface area contributed by atoms with E-state index in [0.29, 0.717) is 18.3 Å². The van der Waals surface area contributed by atoms with Gasteiger partial charge in [-0.15, -0.1) is 0 Å². The van der Waals surface area contributed by atoms with Crippen LogP contribution in [0.25, 0.3) is 22.7 Å². The molecule has 1 N–H and O–H groups in total. The number of aromatic nitrogens is 2. The molecular weight excluding hydrogens is 455 g/mol. The number of imidazole rings is 1. The van der Waals surface area contributed by atoms with Crippen molar-refractivity contribution in [3.63, 3.8) is 0 Å². The zero-order valence-electron chi connectivity index (χ0n) is 20.5. The fourth-order valence-electron chi connectivity index (χ4n) is 4.89. The van der Waals surface area contributed by atoms with Crippen LogP contribution in [-0.4, -0.2) is 40.5 Å². The first-order valence-corrected chi connectivity index (χ1v) is 12.5. The summed E-state index contributed by atoms with van der Waals surface area (Å²) in [6.45, 7) is 2.05. The minimum atomic E-state index is -0.290. The standard InChI is InChI=1S/C29H31FN4O2/c1-33(19-21-7-3-2-4-8-21)18-17-31-29(35)26-16-15-25(36-26)28-27(22-11-13-23(30)14-12-22)32-20-34(28)24-9-5-6-10-24/h2-4,7-8,11-16,20,24H,5-6,9-10,17-19H2,1H3,(H,31,35). The van der Waals surface area contributed by atoms with Gasteiger partial charge in [0, 0.05) is 31.2 Å². The van der Waals surface area contributed by atoms with Gasteiger partial charge < -0.3 is 19.2 Å². The Morgan fingerprint density at radius 3 is 2.58 bits per heavy atom. The predicted octanol–water partition coefficient (Wildman–Crippen LogP) is 5.93. The van der Waals surface area contributed by atoms with Crippen molar-refractivity contribution < 1.29 is 13.6 Å². The molecule has 1 amide bonds.